The van der Waals surface area contributed by atoms with E-state index in [1.54, 1.807) is 12.1 Å². The van der Waals surface area contributed by atoms with E-state index in [9.17, 15) is 8.78 Å². The van der Waals surface area contributed by atoms with Crippen molar-refractivity contribution in [1.29, 1.82) is 0 Å². The molecule has 0 saturated heterocycles. The van der Waals surface area contributed by atoms with Gasteiger partial charge >= 0.3 is 0 Å². The maximum Gasteiger partial charge on any atom is 0.255 e. The lowest BCUT2D eigenvalue weighted by Gasteiger charge is -2.13. The number of hydrogen-bond donors (Lipinski definition) is 0. The lowest BCUT2D eigenvalue weighted by Crippen LogP contribution is -2.03. The Kier molecular flexibility index (Phi) is 4.13. The van der Waals surface area contributed by atoms with Gasteiger partial charge in [-0.3, -0.25) is 0 Å². The number of ether oxygens (including phenoxy) is 1. The molecule has 0 aliphatic heterocycles. The average Bonchev–Trinajstić information content (AvgIpc) is 2.16. The molecule has 1 rings (SSSR count). The predicted octanol–water partition coefficient (Wildman–Crippen LogP) is 4.05. The van der Waals surface area contributed by atoms with E-state index in [2.05, 4.69) is 15.9 Å². The monoisotopic (exact) mass is 284 g/mol. The summed E-state index contributed by atoms with van der Waals surface area (Å²) in [7, 11) is 1.43. The average molecular weight is 286 g/mol. The molecule has 0 aromatic heterocycles. The standard InChI is InChI=1S/C9H8BrClF2O/c1-14-7-3-2-5(11)4-6(7)8(10)9(12)13/h2-4,8-9H,1H3. The van der Waals surface area contributed by atoms with Crippen molar-refractivity contribution < 1.29 is 13.5 Å². The molecule has 0 aliphatic carbocycles. The van der Waals surface area contributed by atoms with Gasteiger partial charge in [0.2, 0.25) is 0 Å². The molecular formula is C9H8BrClF2O. The first-order valence-electron chi connectivity index (χ1n) is 3.82. The Bertz CT molecular complexity index is 320. The molecule has 1 unspecified atom stereocenters. The zero-order chi connectivity index (χ0) is 10.7. The molecular weight excluding hydrogens is 277 g/mol. The molecule has 0 amide bonds. The van der Waals surface area contributed by atoms with Gasteiger partial charge in [0, 0.05) is 10.6 Å². The summed E-state index contributed by atoms with van der Waals surface area (Å²) in [6.45, 7) is 0. The molecule has 0 saturated carbocycles. The van der Waals surface area contributed by atoms with E-state index in [0.717, 1.165) is 0 Å². The van der Waals surface area contributed by atoms with Crippen LogP contribution in [-0.4, -0.2) is 13.5 Å². The fourth-order valence-electron chi connectivity index (χ4n) is 1.06. The second-order valence-electron chi connectivity index (χ2n) is 2.62. The molecule has 78 valence electrons. The maximum absolute atomic E-state index is 12.4. The number of hydrogen-bond acceptors (Lipinski definition) is 1. The highest BCUT2D eigenvalue weighted by atomic mass is 79.9. The second-order valence-corrected chi connectivity index (χ2v) is 4.05. The molecule has 0 heterocycles. The van der Waals surface area contributed by atoms with Crippen molar-refractivity contribution in [2.24, 2.45) is 0 Å². The normalized spacial score (nSPS) is 13.0. The number of benzene rings is 1. The first kappa shape index (κ1) is 11.7. The third-order valence-electron chi connectivity index (χ3n) is 1.71. The van der Waals surface area contributed by atoms with E-state index >= 15 is 0 Å². The van der Waals surface area contributed by atoms with Gasteiger partial charge in [-0.25, -0.2) is 8.78 Å². The molecule has 1 aromatic carbocycles. The van der Waals surface area contributed by atoms with Gasteiger partial charge in [0.25, 0.3) is 6.43 Å². The van der Waals surface area contributed by atoms with Crippen LogP contribution in [0.15, 0.2) is 18.2 Å². The summed E-state index contributed by atoms with van der Waals surface area (Å²) >= 11 is 8.59. The van der Waals surface area contributed by atoms with E-state index < -0.39 is 11.3 Å². The zero-order valence-electron chi connectivity index (χ0n) is 7.31. The van der Waals surface area contributed by atoms with Gasteiger partial charge in [0.1, 0.15) is 10.6 Å². The van der Waals surface area contributed by atoms with Crippen LogP contribution in [0.1, 0.15) is 10.4 Å². The van der Waals surface area contributed by atoms with Gasteiger partial charge in [-0.15, -0.1) is 0 Å². The Labute approximate surface area is 94.1 Å². The fourth-order valence-corrected chi connectivity index (χ4v) is 1.59. The fraction of sp³-hybridized carbons (Fsp3) is 0.333. The molecule has 0 aliphatic rings. The Morgan fingerprint density at radius 2 is 2.07 bits per heavy atom. The highest BCUT2D eigenvalue weighted by Gasteiger charge is 2.22. The van der Waals surface area contributed by atoms with Crippen molar-refractivity contribution in [3.63, 3.8) is 0 Å². The lowest BCUT2D eigenvalue weighted by atomic mass is 10.1. The summed E-state index contributed by atoms with van der Waals surface area (Å²) < 4.78 is 29.8. The minimum Gasteiger partial charge on any atom is -0.496 e. The zero-order valence-corrected chi connectivity index (χ0v) is 9.65. The summed E-state index contributed by atoms with van der Waals surface area (Å²) in [6.07, 6.45) is -2.50. The number of methoxy groups -OCH3 is 1. The molecule has 1 atom stereocenters. The molecule has 14 heavy (non-hydrogen) atoms. The van der Waals surface area contributed by atoms with Crippen LogP contribution in [0.3, 0.4) is 0 Å². The lowest BCUT2D eigenvalue weighted by molar-refractivity contribution is 0.146. The molecule has 0 N–H and O–H groups in total. The third-order valence-corrected chi connectivity index (χ3v) is 2.84. The van der Waals surface area contributed by atoms with Gasteiger partial charge in [-0.1, -0.05) is 27.5 Å². The number of rotatable bonds is 3. The molecule has 1 aromatic rings. The van der Waals surface area contributed by atoms with Crippen LogP contribution in [0, 0.1) is 0 Å². The minimum atomic E-state index is -2.50. The second kappa shape index (κ2) is 4.94. The largest absolute Gasteiger partial charge is 0.496 e. The van der Waals surface area contributed by atoms with Gasteiger partial charge in [-0.2, -0.15) is 0 Å². The topological polar surface area (TPSA) is 9.23 Å². The van der Waals surface area contributed by atoms with Crippen LogP contribution < -0.4 is 4.74 Å². The summed E-state index contributed by atoms with van der Waals surface area (Å²) in [5.74, 6) is 0.400. The van der Waals surface area contributed by atoms with Crippen molar-refractivity contribution in [2.75, 3.05) is 7.11 Å². The molecule has 5 heteroatoms. The molecule has 0 spiro atoms. The smallest absolute Gasteiger partial charge is 0.255 e. The van der Waals surface area contributed by atoms with E-state index in [1.807, 2.05) is 0 Å². The third kappa shape index (κ3) is 2.58. The van der Waals surface area contributed by atoms with E-state index in [0.29, 0.717) is 16.3 Å². The first-order valence-corrected chi connectivity index (χ1v) is 5.11. The van der Waals surface area contributed by atoms with Gasteiger partial charge in [0.05, 0.1) is 7.11 Å². The van der Waals surface area contributed by atoms with Crippen molar-refractivity contribution in [2.45, 2.75) is 11.3 Å². The molecule has 0 fully saturated rings. The van der Waals surface area contributed by atoms with E-state index in [4.69, 9.17) is 16.3 Å². The van der Waals surface area contributed by atoms with Crippen LogP contribution in [0.25, 0.3) is 0 Å². The van der Waals surface area contributed by atoms with Gasteiger partial charge < -0.3 is 4.74 Å². The highest BCUT2D eigenvalue weighted by Crippen LogP contribution is 2.37. The van der Waals surface area contributed by atoms with Gasteiger partial charge in [0.15, 0.2) is 0 Å². The maximum atomic E-state index is 12.4. The van der Waals surface area contributed by atoms with Crippen molar-refractivity contribution >= 4 is 27.5 Å². The van der Waals surface area contributed by atoms with Crippen LogP contribution in [0.5, 0.6) is 5.75 Å². The minimum absolute atomic E-state index is 0.356. The van der Waals surface area contributed by atoms with Gasteiger partial charge in [-0.05, 0) is 18.2 Å². The van der Waals surface area contributed by atoms with Crippen molar-refractivity contribution in [1.82, 2.24) is 0 Å². The SMILES string of the molecule is COc1ccc(Cl)cc1C(Br)C(F)F. The number of halogens is 4. The summed E-state index contributed by atoms with van der Waals surface area (Å²) in [6, 6.07) is 4.62. The summed E-state index contributed by atoms with van der Waals surface area (Å²) in [4.78, 5) is -1.06. The highest BCUT2D eigenvalue weighted by molar-refractivity contribution is 9.09. The van der Waals surface area contributed by atoms with Crippen LogP contribution in [0.2, 0.25) is 5.02 Å². The van der Waals surface area contributed by atoms with E-state index in [1.165, 1.54) is 13.2 Å². The first-order chi connectivity index (χ1) is 6.56. The molecule has 0 bridgehead atoms. The van der Waals surface area contributed by atoms with E-state index in [-0.39, 0.29) is 0 Å². The molecule has 0 radical (unpaired) electrons. The summed E-state index contributed by atoms with van der Waals surface area (Å²) in [5, 5.41) is 0.408. The van der Waals surface area contributed by atoms with Crippen molar-refractivity contribution in [3.8, 4) is 5.75 Å². The predicted molar refractivity (Wildman–Crippen MR) is 55.7 cm³/mol. The Morgan fingerprint density at radius 3 is 2.57 bits per heavy atom. The Morgan fingerprint density at radius 1 is 1.43 bits per heavy atom. The van der Waals surface area contributed by atoms with Crippen molar-refractivity contribution in [3.05, 3.63) is 28.8 Å². The Balaban J connectivity index is 3.10. The van der Waals surface area contributed by atoms with Crippen LogP contribution >= 0.6 is 27.5 Å². The van der Waals surface area contributed by atoms with Crippen LogP contribution in [-0.2, 0) is 0 Å². The Hall–Kier alpha value is -0.350. The quantitative estimate of drug-likeness (QED) is 0.761. The summed E-state index contributed by atoms with van der Waals surface area (Å²) in [5.41, 5.74) is 0.356. The number of alkyl halides is 3. The van der Waals surface area contributed by atoms with Crippen LogP contribution in [0.4, 0.5) is 8.78 Å². The molecule has 1 nitrogen and oxygen atoms in total.